The Labute approximate surface area is 88.9 Å². The van der Waals surface area contributed by atoms with Crippen molar-refractivity contribution >= 4 is 0 Å². The van der Waals surface area contributed by atoms with Gasteiger partial charge in [0.15, 0.2) is 0 Å². The molecule has 3 nitrogen and oxygen atoms in total. The molecule has 0 amide bonds. The summed E-state index contributed by atoms with van der Waals surface area (Å²) < 4.78 is 18.0. The largest absolute Gasteiger partial charge is 0.508 e. The first-order valence-corrected chi connectivity index (χ1v) is 4.99. The van der Waals surface area contributed by atoms with Crippen molar-refractivity contribution in [3.8, 4) is 5.75 Å². The van der Waals surface area contributed by atoms with Crippen LogP contribution in [0, 0.1) is 5.82 Å². The normalized spacial score (nSPS) is 10.5. The minimum Gasteiger partial charge on any atom is -0.508 e. The average Bonchev–Trinajstić information content (AvgIpc) is 2.16. The van der Waals surface area contributed by atoms with E-state index in [0.717, 1.165) is 11.6 Å². The lowest BCUT2D eigenvalue weighted by Crippen LogP contribution is -2.19. The molecule has 0 spiro atoms. The zero-order valence-corrected chi connectivity index (χ0v) is 8.79. The SMILES string of the molecule is CCOCCNCc1cc(O)cc(F)c1. The van der Waals surface area contributed by atoms with Gasteiger partial charge in [0.25, 0.3) is 0 Å². The number of ether oxygens (including phenoxy) is 1. The fourth-order valence-corrected chi connectivity index (χ4v) is 1.26. The first-order valence-electron chi connectivity index (χ1n) is 4.99. The lowest BCUT2D eigenvalue weighted by molar-refractivity contribution is 0.149. The Morgan fingerprint density at radius 1 is 1.40 bits per heavy atom. The Kier molecular flexibility index (Phi) is 5.07. The van der Waals surface area contributed by atoms with Crippen molar-refractivity contribution < 1.29 is 14.2 Å². The maximum atomic E-state index is 12.8. The summed E-state index contributed by atoms with van der Waals surface area (Å²) in [5.74, 6) is -0.465. The number of rotatable bonds is 6. The molecule has 1 rings (SSSR count). The number of nitrogens with one attached hydrogen (secondary N) is 1. The van der Waals surface area contributed by atoms with Gasteiger partial charge < -0.3 is 15.2 Å². The van der Waals surface area contributed by atoms with Crippen LogP contribution in [0.15, 0.2) is 18.2 Å². The Morgan fingerprint density at radius 2 is 2.20 bits per heavy atom. The van der Waals surface area contributed by atoms with Gasteiger partial charge in [-0.2, -0.15) is 0 Å². The molecule has 84 valence electrons. The number of halogens is 1. The number of hydrogen-bond donors (Lipinski definition) is 2. The van der Waals surface area contributed by atoms with Gasteiger partial charge in [0.2, 0.25) is 0 Å². The fourth-order valence-electron chi connectivity index (χ4n) is 1.26. The molecule has 0 aliphatic heterocycles. The lowest BCUT2D eigenvalue weighted by atomic mass is 10.2. The molecule has 4 heteroatoms. The molecular weight excluding hydrogens is 197 g/mol. The molecule has 15 heavy (non-hydrogen) atoms. The van der Waals surface area contributed by atoms with Crippen LogP contribution in [-0.4, -0.2) is 24.9 Å². The number of benzene rings is 1. The van der Waals surface area contributed by atoms with Crippen molar-refractivity contribution in [1.82, 2.24) is 5.32 Å². The number of phenolic OH excluding ortho intramolecular Hbond substituents is 1. The van der Waals surface area contributed by atoms with Gasteiger partial charge in [-0.3, -0.25) is 0 Å². The van der Waals surface area contributed by atoms with Crippen molar-refractivity contribution in [3.63, 3.8) is 0 Å². The van der Waals surface area contributed by atoms with Crippen molar-refractivity contribution in [3.05, 3.63) is 29.6 Å². The van der Waals surface area contributed by atoms with E-state index in [9.17, 15) is 4.39 Å². The summed E-state index contributed by atoms with van der Waals surface area (Å²) in [6, 6.07) is 4.02. The summed E-state index contributed by atoms with van der Waals surface area (Å²) in [6.07, 6.45) is 0. The van der Waals surface area contributed by atoms with Gasteiger partial charge in [0.1, 0.15) is 11.6 Å². The molecular formula is C11H16FNO2. The fraction of sp³-hybridized carbons (Fsp3) is 0.455. The van der Waals surface area contributed by atoms with E-state index in [0.29, 0.717) is 26.3 Å². The summed E-state index contributed by atoms with van der Waals surface area (Å²) in [5.41, 5.74) is 0.726. The quantitative estimate of drug-likeness (QED) is 0.706. The van der Waals surface area contributed by atoms with Crippen LogP contribution in [0.4, 0.5) is 4.39 Å². The van der Waals surface area contributed by atoms with Gasteiger partial charge in [-0.25, -0.2) is 4.39 Å². The maximum Gasteiger partial charge on any atom is 0.127 e. The van der Waals surface area contributed by atoms with Crippen molar-refractivity contribution in [2.24, 2.45) is 0 Å². The topological polar surface area (TPSA) is 41.5 Å². The summed E-state index contributed by atoms with van der Waals surface area (Å²) in [6.45, 7) is 4.51. The first kappa shape index (κ1) is 11.9. The molecule has 0 radical (unpaired) electrons. The molecule has 0 fully saturated rings. The summed E-state index contributed by atoms with van der Waals surface area (Å²) >= 11 is 0. The van der Waals surface area contributed by atoms with E-state index in [2.05, 4.69) is 5.32 Å². The van der Waals surface area contributed by atoms with Gasteiger partial charge in [-0.05, 0) is 24.6 Å². The molecule has 0 unspecified atom stereocenters. The zero-order chi connectivity index (χ0) is 11.1. The van der Waals surface area contributed by atoms with E-state index < -0.39 is 5.82 Å². The third-order valence-electron chi connectivity index (χ3n) is 1.90. The molecule has 2 N–H and O–H groups in total. The number of aromatic hydroxyl groups is 1. The van der Waals surface area contributed by atoms with Gasteiger partial charge in [-0.1, -0.05) is 0 Å². The molecule has 1 aromatic rings. The van der Waals surface area contributed by atoms with Gasteiger partial charge >= 0.3 is 0 Å². The smallest absolute Gasteiger partial charge is 0.127 e. The second-order valence-electron chi connectivity index (χ2n) is 3.19. The summed E-state index contributed by atoms with van der Waals surface area (Å²) in [4.78, 5) is 0. The van der Waals surface area contributed by atoms with Gasteiger partial charge in [0, 0.05) is 25.8 Å². The van der Waals surface area contributed by atoms with Crippen molar-refractivity contribution in [2.45, 2.75) is 13.5 Å². The van der Waals surface area contributed by atoms with Crippen LogP contribution in [0.2, 0.25) is 0 Å². The van der Waals surface area contributed by atoms with E-state index >= 15 is 0 Å². The second-order valence-corrected chi connectivity index (χ2v) is 3.19. The van der Waals surface area contributed by atoms with Crippen LogP contribution in [0.25, 0.3) is 0 Å². The Hall–Kier alpha value is -1.13. The highest BCUT2D eigenvalue weighted by molar-refractivity contribution is 5.28. The van der Waals surface area contributed by atoms with Crippen LogP contribution < -0.4 is 5.32 Å². The molecule has 0 aromatic heterocycles. The summed E-state index contributed by atoms with van der Waals surface area (Å²) in [7, 11) is 0. The van der Waals surface area contributed by atoms with E-state index in [1.165, 1.54) is 12.1 Å². The lowest BCUT2D eigenvalue weighted by Gasteiger charge is -2.05. The highest BCUT2D eigenvalue weighted by Gasteiger charge is 1.99. The van der Waals surface area contributed by atoms with E-state index in [-0.39, 0.29) is 5.75 Å². The van der Waals surface area contributed by atoms with Gasteiger partial charge in [-0.15, -0.1) is 0 Å². The predicted octanol–water partition coefficient (Wildman–Crippen LogP) is 1.66. The molecule has 0 aliphatic rings. The second kappa shape index (κ2) is 6.37. The van der Waals surface area contributed by atoms with E-state index in [1.54, 1.807) is 0 Å². The average molecular weight is 213 g/mol. The van der Waals surface area contributed by atoms with Gasteiger partial charge in [0.05, 0.1) is 6.61 Å². The molecule has 0 saturated heterocycles. The van der Waals surface area contributed by atoms with E-state index in [4.69, 9.17) is 9.84 Å². The van der Waals surface area contributed by atoms with Crippen LogP contribution in [0.5, 0.6) is 5.75 Å². The van der Waals surface area contributed by atoms with Crippen LogP contribution in [-0.2, 0) is 11.3 Å². The molecule has 0 heterocycles. The Bertz CT molecular complexity index is 284. The van der Waals surface area contributed by atoms with Crippen LogP contribution in [0.1, 0.15) is 12.5 Å². The highest BCUT2D eigenvalue weighted by Crippen LogP contribution is 2.14. The minimum atomic E-state index is -0.420. The standard InChI is InChI=1S/C11H16FNO2/c1-2-15-4-3-13-8-9-5-10(12)7-11(14)6-9/h5-7,13-14H,2-4,8H2,1H3. The van der Waals surface area contributed by atoms with E-state index in [1.807, 2.05) is 6.92 Å². The zero-order valence-electron chi connectivity index (χ0n) is 8.79. The third-order valence-corrected chi connectivity index (χ3v) is 1.90. The molecule has 0 aliphatic carbocycles. The van der Waals surface area contributed by atoms with Crippen LogP contribution in [0.3, 0.4) is 0 Å². The molecule has 0 atom stereocenters. The number of phenols is 1. The summed E-state index contributed by atoms with van der Waals surface area (Å²) in [5, 5.41) is 12.2. The third kappa shape index (κ3) is 4.76. The van der Waals surface area contributed by atoms with Crippen LogP contribution >= 0.6 is 0 Å². The Morgan fingerprint density at radius 3 is 2.87 bits per heavy atom. The maximum absolute atomic E-state index is 12.8. The predicted molar refractivity (Wildman–Crippen MR) is 56.3 cm³/mol. The van der Waals surface area contributed by atoms with Crippen molar-refractivity contribution in [1.29, 1.82) is 0 Å². The molecule has 0 saturated carbocycles. The Balaban J connectivity index is 2.31. The highest BCUT2D eigenvalue weighted by atomic mass is 19.1. The molecule has 1 aromatic carbocycles. The first-order chi connectivity index (χ1) is 7.22. The minimum absolute atomic E-state index is 0.0448. The number of hydrogen-bond acceptors (Lipinski definition) is 3. The van der Waals surface area contributed by atoms with Crippen molar-refractivity contribution in [2.75, 3.05) is 19.8 Å². The molecule has 0 bridgehead atoms. The monoisotopic (exact) mass is 213 g/mol.